The molecule has 1 unspecified atom stereocenters. The molecule has 0 aliphatic carbocycles. The second-order valence-electron chi connectivity index (χ2n) is 4.67. The van der Waals surface area contributed by atoms with Crippen LogP contribution in [0.3, 0.4) is 0 Å². The smallest absolute Gasteiger partial charge is 0.160 e. The maximum atomic E-state index is 11.6. The molecule has 2 aromatic rings. The fraction of sp³-hybridized carbons (Fsp3) is 0.545. The van der Waals surface area contributed by atoms with Crippen molar-refractivity contribution >= 4 is 26.7 Å². The first-order valence-electron chi connectivity index (χ1n) is 6.22. The molecule has 1 atom stereocenters. The van der Waals surface area contributed by atoms with Gasteiger partial charge in [-0.2, -0.15) is 5.10 Å². The van der Waals surface area contributed by atoms with Crippen LogP contribution < -0.4 is 4.90 Å². The summed E-state index contributed by atoms with van der Waals surface area (Å²) in [6.07, 6.45) is 3.80. The van der Waals surface area contributed by atoms with Gasteiger partial charge in [-0.25, -0.2) is 18.4 Å². The maximum absolute atomic E-state index is 11.6. The topological polar surface area (TPSA) is 91.8 Å². The average Bonchev–Trinajstić information content (AvgIpc) is 2.97. The third-order valence-electron chi connectivity index (χ3n) is 3.49. The van der Waals surface area contributed by atoms with Gasteiger partial charge in [-0.3, -0.25) is 5.10 Å². The minimum Gasteiger partial charge on any atom is -0.352 e. The van der Waals surface area contributed by atoms with E-state index < -0.39 is 9.84 Å². The van der Waals surface area contributed by atoms with E-state index in [-0.39, 0.29) is 17.5 Å². The summed E-state index contributed by atoms with van der Waals surface area (Å²) in [6, 6.07) is -0.0111. The van der Waals surface area contributed by atoms with Gasteiger partial charge in [0.25, 0.3) is 0 Å². The lowest BCUT2D eigenvalue weighted by molar-refractivity contribution is 0.599. The second-order valence-corrected chi connectivity index (χ2v) is 6.90. The zero-order chi connectivity index (χ0) is 13.5. The van der Waals surface area contributed by atoms with E-state index in [1.807, 2.05) is 11.8 Å². The molecule has 1 N–H and O–H groups in total. The Balaban J connectivity index is 2.01. The monoisotopic (exact) mass is 281 g/mol. The number of fused-ring (bicyclic) bond motifs is 1. The third kappa shape index (κ3) is 2.16. The van der Waals surface area contributed by atoms with Crippen molar-refractivity contribution in [2.24, 2.45) is 0 Å². The van der Waals surface area contributed by atoms with Gasteiger partial charge in [0, 0.05) is 12.6 Å². The van der Waals surface area contributed by atoms with Gasteiger partial charge in [0.05, 0.1) is 23.1 Å². The summed E-state index contributed by atoms with van der Waals surface area (Å²) in [7, 11) is -2.91. The number of anilines is 1. The lowest BCUT2D eigenvalue weighted by atomic mass is 10.2. The Labute approximate surface area is 111 Å². The molecule has 0 amide bonds. The Bertz CT molecular complexity index is 696. The highest BCUT2D eigenvalue weighted by Gasteiger charge is 2.33. The van der Waals surface area contributed by atoms with E-state index in [1.54, 1.807) is 6.20 Å². The standard InChI is InChI=1S/C11H15N5O2S/c1-2-16(8-3-4-19(17,18)6-8)11-9-5-14-15-10(9)12-7-13-11/h5,7-8H,2-4,6H2,1H3,(H,12,13,14,15). The van der Waals surface area contributed by atoms with E-state index in [4.69, 9.17) is 0 Å². The van der Waals surface area contributed by atoms with Gasteiger partial charge in [0.2, 0.25) is 0 Å². The predicted molar refractivity (Wildman–Crippen MR) is 71.8 cm³/mol. The van der Waals surface area contributed by atoms with Gasteiger partial charge in [0.15, 0.2) is 15.5 Å². The quantitative estimate of drug-likeness (QED) is 0.873. The number of sulfone groups is 1. The zero-order valence-corrected chi connectivity index (χ0v) is 11.4. The van der Waals surface area contributed by atoms with E-state index >= 15 is 0 Å². The molecular formula is C11H15N5O2S. The van der Waals surface area contributed by atoms with Crippen LogP contribution in [-0.4, -0.2) is 52.7 Å². The molecule has 3 heterocycles. The summed E-state index contributed by atoms with van der Waals surface area (Å²) >= 11 is 0. The molecule has 8 heteroatoms. The first-order chi connectivity index (χ1) is 9.11. The summed E-state index contributed by atoms with van der Waals surface area (Å²) in [5, 5.41) is 7.59. The van der Waals surface area contributed by atoms with E-state index in [2.05, 4.69) is 20.2 Å². The van der Waals surface area contributed by atoms with Gasteiger partial charge in [-0.05, 0) is 13.3 Å². The van der Waals surface area contributed by atoms with Crippen molar-refractivity contribution in [1.29, 1.82) is 0 Å². The number of nitrogens with zero attached hydrogens (tertiary/aromatic N) is 4. The predicted octanol–water partition coefficient (Wildman–Crippen LogP) is 0.366. The highest BCUT2D eigenvalue weighted by molar-refractivity contribution is 7.91. The fourth-order valence-corrected chi connectivity index (χ4v) is 4.31. The second kappa shape index (κ2) is 4.44. The molecule has 1 aliphatic heterocycles. The number of nitrogens with one attached hydrogen (secondary N) is 1. The lowest BCUT2D eigenvalue weighted by Gasteiger charge is -2.28. The Kier molecular flexibility index (Phi) is 2.89. The van der Waals surface area contributed by atoms with Crippen molar-refractivity contribution in [2.45, 2.75) is 19.4 Å². The lowest BCUT2D eigenvalue weighted by Crippen LogP contribution is -2.36. The van der Waals surface area contributed by atoms with Crippen molar-refractivity contribution in [1.82, 2.24) is 20.2 Å². The van der Waals surface area contributed by atoms with Crippen LogP contribution in [0.25, 0.3) is 11.0 Å². The van der Waals surface area contributed by atoms with Crippen LogP contribution in [-0.2, 0) is 9.84 Å². The molecule has 0 radical (unpaired) electrons. The van der Waals surface area contributed by atoms with Gasteiger partial charge in [0.1, 0.15) is 12.1 Å². The van der Waals surface area contributed by atoms with Crippen LogP contribution >= 0.6 is 0 Å². The van der Waals surface area contributed by atoms with Crippen LogP contribution in [0.4, 0.5) is 5.82 Å². The SMILES string of the molecule is CCN(c1ncnc2[nH]ncc12)C1CCS(=O)(=O)C1. The molecule has 1 aliphatic rings. The van der Waals surface area contributed by atoms with Crippen LogP contribution in [0, 0.1) is 0 Å². The van der Waals surface area contributed by atoms with Crippen LogP contribution in [0.2, 0.25) is 0 Å². The minimum absolute atomic E-state index is 0.0111. The zero-order valence-electron chi connectivity index (χ0n) is 10.6. The number of H-pyrrole nitrogens is 1. The summed E-state index contributed by atoms with van der Waals surface area (Å²) in [6.45, 7) is 2.70. The molecule has 19 heavy (non-hydrogen) atoms. The summed E-state index contributed by atoms with van der Waals surface area (Å²) in [4.78, 5) is 10.4. The molecule has 0 bridgehead atoms. The van der Waals surface area contributed by atoms with Gasteiger partial charge < -0.3 is 4.90 Å². The van der Waals surface area contributed by atoms with Gasteiger partial charge in [-0.15, -0.1) is 0 Å². The van der Waals surface area contributed by atoms with Crippen LogP contribution in [0.1, 0.15) is 13.3 Å². The molecule has 0 aromatic carbocycles. The Morgan fingerprint density at radius 1 is 1.47 bits per heavy atom. The first kappa shape index (κ1) is 12.3. The third-order valence-corrected chi connectivity index (χ3v) is 5.24. The molecule has 0 spiro atoms. The number of aromatic nitrogens is 4. The van der Waals surface area contributed by atoms with Crippen molar-refractivity contribution in [3.63, 3.8) is 0 Å². The Morgan fingerprint density at radius 2 is 2.32 bits per heavy atom. The summed E-state index contributed by atoms with van der Waals surface area (Å²) in [5.41, 5.74) is 0.671. The minimum atomic E-state index is -2.91. The highest BCUT2D eigenvalue weighted by atomic mass is 32.2. The fourth-order valence-electron chi connectivity index (χ4n) is 2.58. The van der Waals surface area contributed by atoms with Crippen molar-refractivity contribution < 1.29 is 8.42 Å². The molecular weight excluding hydrogens is 266 g/mol. The summed E-state index contributed by atoms with van der Waals surface area (Å²) in [5.74, 6) is 1.21. The van der Waals surface area contributed by atoms with E-state index in [9.17, 15) is 8.42 Å². The number of aromatic amines is 1. The molecule has 2 aromatic heterocycles. The van der Waals surface area contributed by atoms with E-state index in [1.165, 1.54) is 6.33 Å². The van der Waals surface area contributed by atoms with Crippen LogP contribution in [0.5, 0.6) is 0 Å². The molecule has 102 valence electrons. The number of rotatable bonds is 3. The van der Waals surface area contributed by atoms with Crippen molar-refractivity contribution in [2.75, 3.05) is 23.0 Å². The maximum Gasteiger partial charge on any atom is 0.160 e. The summed E-state index contributed by atoms with van der Waals surface area (Å²) < 4.78 is 23.3. The van der Waals surface area contributed by atoms with E-state index in [0.29, 0.717) is 18.6 Å². The molecule has 1 fully saturated rings. The average molecular weight is 281 g/mol. The highest BCUT2D eigenvalue weighted by Crippen LogP contribution is 2.27. The number of hydrogen-bond donors (Lipinski definition) is 1. The Hall–Kier alpha value is -1.70. The normalized spacial score (nSPS) is 21.8. The molecule has 1 saturated heterocycles. The van der Waals surface area contributed by atoms with Crippen molar-refractivity contribution in [3.05, 3.63) is 12.5 Å². The molecule has 0 saturated carbocycles. The number of hydrogen-bond acceptors (Lipinski definition) is 6. The van der Waals surface area contributed by atoms with Crippen molar-refractivity contribution in [3.8, 4) is 0 Å². The molecule has 7 nitrogen and oxygen atoms in total. The van der Waals surface area contributed by atoms with Gasteiger partial charge in [-0.1, -0.05) is 0 Å². The Morgan fingerprint density at radius 3 is 3.00 bits per heavy atom. The first-order valence-corrected chi connectivity index (χ1v) is 8.04. The van der Waals surface area contributed by atoms with Gasteiger partial charge >= 0.3 is 0 Å². The van der Waals surface area contributed by atoms with Crippen LogP contribution in [0.15, 0.2) is 12.5 Å². The molecule has 3 rings (SSSR count). The van der Waals surface area contributed by atoms with E-state index in [0.717, 1.165) is 11.2 Å². The largest absolute Gasteiger partial charge is 0.352 e.